The third-order valence-electron chi connectivity index (χ3n) is 3.18. The van der Waals surface area contributed by atoms with Crippen LogP contribution in [-0.2, 0) is 11.8 Å². The summed E-state index contributed by atoms with van der Waals surface area (Å²) in [6.45, 7) is 1.90. The Bertz CT molecular complexity index is 697. The van der Waals surface area contributed by atoms with Crippen molar-refractivity contribution in [3.8, 4) is 0 Å². The van der Waals surface area contributed by atoms with Gasteiger partial charge in [-0.25, -0.2) is 0 Å². The highest BCUT2D eigenvalue weighted by atomic mass is 16.1. The number of hydrogen-bond acceptors (Lipinski definition) is 2. The number of nitrogens with two attached hydrogens (primary N) is 1. The van der Waals surface area contributed by atoms with E-state index in [-0.39, 0.29) is 11.9 Å². The Labute approximate surface area is 117 Å². The van der Waals surface area contributed by atoms with Crippen molar-refractivity contribution in [2.24, 2.45) is 12.8 Å². The van der Waals surface area contributed by atoms with Crippen LogP contribution in [0.15, 0.2) is 36.0 Å². The fourth-order valence-electron chi connectivity index (χ4n) is 2.21. The van der Waals surface area contributed by atoms with Crippen LogP contribution in [0.3, 0.4) is 0 Å². The summed E-state index contributed by atoms with van der Waals surface area (Å²) in [7, 11) is 1.97. The van der Waals surface area contributed by atoms with Crippen molar-refractivity contribution in [3.05, 3.63) is 41.6 Å². The van der Waals surface area contributed by atoms with Crippen LogP contribution >= 0.6 is 0 Å². The number of aromatic nitrogens is 1. The van der Waals surface area contributed by atoms with Crippen molar-refractivity contribution in [3.63, 3.8) is 0 Å². The largest absolute Gasteiger partial charge is 0.370 e. The molecule has 0 saturated carbocycles. The van der Waals surface area contributed by atoms with E-state index in [0.29, 0.717) is 12.0 Å². The third kappa shape index (κ3) is 2.71. The number of hydrogen-bond donors (Lipinski definition) is 3. The molecule has 1 aromatic heterocycles. The predicted octanol–water partition coefficient (Wildman–Crippen LogP) is 1.98. The minimum atomic E-state index is -0.340. The van der Waals surface area contributed by atoms with Gasteiger partial charge < -0.3 is 10.3 Å². The molecule has 104 valence electrons. The Morgan fingerprint density at radius 1 is 1.45 bits per heavy atom. The molecule has 0 aliphatic rings. The predicted molar refractivity (Wildman–Crippen MR) is 81.2 cm³/mol. The number of guanidine groups is 1. The molecule has 0 saturated heterocycles. The Morgan fingerprint density at radius 3 is 2.80 bits per heavy atom. The lowest BCUT2D eigenvalue weighted by Gasteiger charge is -2.04. The van der Waals surface area contributed by atoms with Gasteiger partial charge in [0.15, 0.2) is 5.96 Å². The summed E-state index contributed by atoms with van der Waals surface area (Å²) in [5, 5.41) is 10.5. The number of carbonyl (C=O) groups is 1. The van der Waals surface area contributed by atoms with Crippen molar-refractivity contribution < 1.29 is 4.79 Å². The number of carbonyl (C=O) groups excluding carboxylic acids is 1. The van der Waals surface area contributed by atoms with Gasteiger partial charge in [-0.05, 0) is 18.6 Å². The van der Waals surface area contributed by atoms with E-state index in [1.165, 1.54) is 0 Å². The summed E-state index contributed by atoms with van der Waals surface area (Å²) in [6.07, 6.45) is 4.41. The van der Waals surface area contributed by atoms with E-state index in [9.17, 15) is 4.79 Å². The number of amides is 1. The molecule has 2 rings (SSSR count). The van der Waals surface area contributed by atoms with Crippen molar-refractivity contribution in [1.29, 1.82) is 5.41 Å². The summed E-state index contributed by atoms with van der Waals surface area (Å²) in [6, 6.07) is 8.02. The first-order chi connectivity index (χ1) is 9.52. The van der Waals surface area contributed by atoms with Crippen LogP contribution in [0.1, 0.15) is 18.9 Å². The van der Waals surface area contributed by atoms with E-state index in [4.69, 9.17) is 11.1 Å². The Balaban J connectivity index is 2.45. The van der Waals surface area contributed by atoms with E-state index in [2.05, 4.69) is 5.32 Å². The van der Waals surface area contributed by atoms with Gasteiger partial charge in [0, 0.05) is 35.3 Å². The summed E-state index contributed by atoms with van der Waals surface area (Å²) >= 11 is 0. The lowest BCUT2D eigenvalue weighted by atomic mass is 10.1. The molecule has 5 heteroatoms. The van der Waals surface area contributed by atoms with Crippen LogP contribution < -0.4 is 11.1 Å². The van der Waals surface area contributed by atoms with Gasteiger partial charge in [0.1, 0.15) is 0 Å². The molecule has 0 unspecified atom stereocenters. The van der Waals surface area contributed by atoms with Crippen LogP contribution in [0, 0.1) is 5.41 Å². The lowest BCUT2D eigenvalue weighted by Crippen LogP contribution is -2.36. The second kappa shape index (κ2) is 5.61. The highest BCUT2D eigenvalue weighted by molar-refractivity contribution is 6.07. The minimum absolute atomic E-state index is 0.326. The summed E-state index contributed by atoms with van der Waals surface area (Å²) in [5.74, 6) is -0.666. The van der Waals surface area contributed by atoms with Crippen LogP contribution in [0.5, 0.6) is 0 Å². The first-order valence-electron chi connectivity index (χ1n) is 6.43. The maximum Gasteiger partial charge on any atom is 0.253 e. The minimum Gasteiger partial charge on any atom is -0.370 e. The highest BCUT2D eigenvalue weighted by Crippen LogP contribution is 2.23. The molecular weight excluding hydrogens is 252 g/mol. The Morgan fingerprint density at radius 2 is 2.15 bits per heavy atom. The van der Waals surface area contributed by atoms with Crippen LogP contribution in [0.4, 0.5) is 0 Å². The number of para-hydroxylation sites is 1. The van der Waals surface area contributed by atoms with Crippen molar-refractivity contribution in [2.45, 2.75) is 13.3 Å². The van der Waals surface area contributed by atoms with E-state index in [1.807, 2.05) is 55.1 Å². The van der Waals surface area contributed by atoms with Gasteiger partial charge >= 0.3 is 0 Å². The zero-order chi connectivity index (χ0) is 14.7. The smallest absolute Gasteiger partial charge is 0.253 e. The van der Waals surface area contributed by atoms with Gasteiger partial charge in [-0.3, -0.25) is 15.5 Å². The molecule has 0 spiro atoms. The standard InChI is InChI=1S/C15H18N4O/c1-3-10(14(20)18-15(16)17)8-11-9-19(2)13-7-5-4-6-12(11)13/h4-9H,3H2,1-2H3,(H4,16,17,18,20)/b10-8+. The van der Waals surface area contributed by atoms with Gasteiger partial charge in [-0.2, -0.15) is 0 Å². The summed E-state index contributed by atoms with van der Waals surface area (Å²) in [4.78, 5) is 11.9. The molecule has 1 amide bonds. The quantitative estimate of drug-likeness (QED) is 0.452. The molecular formula is C15H18N4O. The topological polar surface area (TPSA) is 83.9 Å². The van der Waals surface area contributed by atoms with Crippen molar-refractivity contribution >= 4 is 28.8 Å². The average molecular weight is 270 g/mol. The van der Waals surface area contributed by atoms with Gasteiger partial charge in [0.05, 0.1) is 0 Å². The number of nitrogens with zero attached hydrogens (tertiary/aromatic N) is 1. The maximum absolute atomic E-state index is 11.9. The van der Waals surface area contributed by atoms with Gasteiger partial charge in [0.25, 0.3) is 5.91 Å². The van der Waals surface area contributed by atoms with Gasteiger partial charge in [-0.15, -0.1) is 0 Å². The van der Waals surface area contributed by atoms with Crippen LogP contribution in [0.25, 0.3) is 17.0 Å². The van der Waals surface area contributed by atoms with E-state index >= 15 is 0 Å². The summed E-state index contributed by atoms with van der Waals surface area (Å²) < 4.78 is 2.03. The highest BCUT2D eigenvalue weighted by Gasteiger charge is 2.10. The van der Waals surface area contributed by atoms with E-state index in [0.717, 1.165) is 16.5 Å². The number of aryl methyl sites for hydroxylation is 1. The number of fused-ring (bicyclic) bond motifs is 1. The molecule has 0 bridgehead atoms. The monoisotopic (exact) mass is 270 g/mol. The molecule has 2 aromatic rings. The fraction of sp³-hybridized carbons (Fsp3) is 0.200. The molecule has 1 heterocycles. The lowest BCUT2D eigenvalue weighted by molar-refractivity contribution is -0.116. The van der Waals surface area contributed by atoms with Crippen LogP contribution in [0.2, 0.25) is 0 Å². The van der Waals surface area contributed by atoms with E-state index < -0.39 is 0 Å². The molecule has 0 aliphatic heterocycles. The molecule has 0 aliphatic carbocycles. The molecule has 4 N–H and O–H groups in total. The van der Waals surface area contributed by atoms with E-state index in [1.54, 1.807) is 0 Å². The Hall–Kier alpha value is -2.56. The molecule has 0 fully saturated rings. The van der Waals surface area contributed by atoms with Gasteiger partial charge in [-0.1, -0.05) is 25.1 Å². The first kappa shape index (κ1) is 13.9. The second-order valence-corrected chi connectivity index (χ2v) is 4.60. The zero-order valence-electron chi connectivity index (χ0n) is 11.6. The SMILES string of the molecule is CC/C(=C\c1cn(C)c2ccccc12)C(=O)NC(=N)N. The fourth-order valence-corrected chi connectivity index (χ4v) is 2.21. The Kier molecular flexibility index (Phi) is 3.89. The molecule has 20 heavy (non-hydrogen) atoms. The first-order valence-corrected chi connectivity index (χ1v) is 6.43. The molecule has 5 nitrogen and oxygen atoms in total. The third-order valence-corrected chi connectivity index (χ3v) is 3.18. The number of benzene rings is 1. The van der Waals surface area contributed by atoms with Gasteiger partial charge in [0.2, 0.25) is 0 Å². The van der Waals surface area contributed by atoms with Crippen molar-refractivity contribution in [1.82, 2.24) is 9.88 Å². The number of nitrogens with one attached hydrogen (secondary N) is 2. The van der Waals surface area contributed by atoms with Crippen molar-refractivity contribution in [2.75, 3.05) is 0 Å². The molecule has 0 atom stereocenters. The molecule has 1 aromatic carbocycles. The number of rotatable bonds is 3. The average Bonchev–Trinajstić information content (AvgIpc) is 2.72. The zero-order valence-corrected chi connectivity index (χ0v) is 11.6. The maximum atomic E-state index is 11.9. The van der Waals surface area contributed by atoms with Crippen LogP contribution in [-0.4, -0.2) is 16.4 Å². The second-order valence-electron chi connectivity index (χ2n) is 4.60. The normalized spacial score (nSPS) is 11.6. The summed E-state index contributed by atoms with van der Waals surface area (Å²) in [5.41, 5.74) is 7.89. The molecule has 0 radical (unpaired) electrons.